The minimum Gasteiger partial charge on any atom is -0.490 e. The van der Waals surface area contributed by atoms with Gasteiger partial charge in [0.1, 0.15) is 23.9 Å². The second-order valence-corrected chi connectivity index (χ2v) is 12.4. The highest BCUT2D eigenvalue weighted by Crippen LogP contribution is 2.45. The zero-order chi connectivity index (χ0) is 32.5. The van der Waals surface area contributed by atoms with Crippen LogP contribution in [0.1, 0.15) is 11.1 Å². The van der Waals surface area contributed by atoms with Gasteiger partial charge in [-0.2, -0.15) is 21.9 Å². The number of fused-ring (bicyclic) bond motifs is 1. The lowest BCUT2D eigenvalue weighted by Gasteiger charge is -2.18. The number of hydrogen-bond acceptors (Lipinski definition) is 7. The van der Waals surface area contributed by atoms with Crippen LogP contribution >= 0.6 is 0 Å². The minimum absolute atomic E-state index is 0.0259. The van der Waals surface area contributed by atoms with Gasteiger partial charge in [-0.1, -0.05) is 30.3 Å². The Morgan fingerprint density at radius 1 is 0.889 bits per heavy atom. The number of benzene rings is 3. The summed E-state index contributed by atoms with van der Waals surface area (Å²) >= 11 is 0. The van der Waals surface area contributed by atoms with Crippen LogP contribution in [-0.2, 0) is 22.5 Å². The van der Waals surface area contributed by atoms with Crippen LogP contribution in [0.5, 0.6) is 23.0 Å². The van der Waals surface area contributed by atoms with E-state index in [1.807, 2.05) is 6.07 Å². The molecule has 0 atom stereocenters. The van der Waals surface area contributed by atoms with Crippen LogP contribution in [-0.4, -0.2) is 33.8 Å². The molecule has 0 aliphatic carbocycles. The molecule has 5 rings (SSSR count). The van der Waals surface area contributed by atoms with Crippen LogP contribution in [0.2, 0.25) is 0 Å². The largest absolute Gasteiger partial charge is 0.490 e. The molecule has 3 aromatic carbocycles. The summed E-state index contributed by atoms with van der Waals surface area (Å²) in [6.45, 7) is 0.0259. The topological polar surface area (TPSA) is 82.9 Å². The first-order chi connectivity index (χ1) is 21.2. The highest BCUT2D eigenvalue weighted by Gasteiger charge is 2.36. The molecule has 7 nitrogen and oxygen atoms in total. The summed E-state index contributed by atoms with van der Waals surface area (Å²) in [6, 6.07) is 14.4. The van der Waals surface area contributed by atoms with Gasteiger partial charge in [-0.3, -0.25) is 0 Å². The Morgan fingerprint density at radius 2 is 1.62 bits per heavy atom. The summed E-state index contributed by atoms with van der Waals surface area (Å²) in [4.78, 5) is 8.71. The van der Waals surface area contributed by atoms with Crippen LogP contribution in [0.3, 0.4) is 0 Å². The quantitative estimate of drug-likeness (QED) is 0.157. The molecule has 0 amide bonds. The number of ether oxygens (including phenoxy) is 3. The van der Waals surface area contributed by atoms with Gasteiger partial charge in [0, 0.05) is 40.1 Å². The molecule has 2 aromatic heterocycles. The van der Waals surface area contributed by atoms with Crippen LogP contribution in [0, 0.1) is 17.5 Å². The van der Waals surface area contributed by atoms with Gasteiger partial charge in [-0.25, -0.2) is 23.0 Å². The van der Waals surface area contributed by atoms with Crippen LogP contribution in [0.4, 0.5) is 32.2 Å². The van der Waals surface area contributed by atoms with Crippen molar-refractivity contribution in [3.63, 3.8) is 0 Å². The first kappa shape index (κ1) is 31.6. The highest BCUT2D eigenvalue weighted by molar-refractivity contribution is 7.92. The third-order valence-electron chi connectivity index (χ3n) is 6.30. The SMILES string of the molecule is COc1c(Oc2cc(C(F)(F)F)c(F)cc2-c2cc(OCc3ccccc3)c3c(N=S(C)(C)=O)nccc3n2)ccc(F)c1F. The van der Waals surface area contributed by atoms with E-state index in [1.54, 1.807) is 24.3 Å². The third-order valence-corrected chi connectivity index (χ3v) is 6.91. The van der Waals surface area contributed by atoms with E-state index in [1.165, 1.54) is 30.8 Å². The van der Waals surface area contributed by atoms with E-state index in [-0.39, 0.29) is 40.3 Å². The third kappa shape index (κ3) is 6.95. The van der Waals surface area contributed by atoms with E-state index in [2.05, 4.69) is 14.3 Å². The Hall–Kier alpha value is -4.85. The molecular weight excluding hydrogens is 624 g/mol. The summed E-state index contributed by atoms with van der Waals surface area (Å²) in [5.74, 6) is -6.05. The zero-order valence-corrected chi connectivity index (χ0v) is 24.6. The summed E-state index contributed by atoms with van der Waals surface area (Å²) in [5, 5.41) is 0.241. The van der Waals surface area contributed by atoms with Crippen molar-refractivity contribution in [1.82, 2.24) is 9.97 Å². The number of methoxy groups -OCH3 is 1. The van der Waals surface area contributed by atoms with Crippen LogP contribution in [0.25, 0.3) is 22.2 Å². The van der Waals surface area contributed by atoms with Crippen molar-refractivity contribution in [3.8, 4) is 34.3 Å². The number of rotatable bonds is 8. The molecule has 5 aromatic rings. The van der Waals surface area contributed by atoms with Gasteiger partial charge in [0.15, 0.2) is 17.4 Å². The number of hydrogen-bond donors (Lipinski definition) is 0. The average Bonchev–Trinajstić information content (AvgIpc) is 2.97. The Morgan fingerprint density at radius 3 is 2.29 bits per heavy atom. The number of alkyl halides is 3. The van der Waals surface area contributed by atoms with Crippen LogP contribution < -0.4 is 14.2 Å². The van der Waals surface area contributed by atoms with Gasteiger partial charge in [0.05, 0.1) is 29.3 Å². The predicted molar refractivity (Wildman–Crippen MR) is 156 cm³/mol. The Kier molecular flexibility index (Phi) is 8.61. The normalized spacial score (nSPS) is 11.8. The van der Waals surface area contributed by atoms with E-state index in [9.17, 15) is 26.2 Å². The fraction of sp³-hybridized carbons (Fsp3) is 0.161. The lowest BCUT2D eigenvalue weighted by molar-refractivity contribution is -0.140. The van der Waals surface area contributed by atoms with Crippen molar-refractivity contribution < 1.29 is 44.8 Å². The van der Waals surface area contributed by atoms with Crippen molar-refractivity contribution in [2.24, 2.45) is 4.36 Å². The van der Waals surface area contributed by atoms with Gasteiger partial charge in [-0.15, -0.1) is 0 Å². The molecule has 45 heavy (non-hydrogen) atoms. The van der Waals surface area contributed by atoms with Gasteiger partial charge in [0.25, 0.3) is 0 Å². The molecule has 0 spiro atoms. The lowest BCUT2D eigenvalue weighted by Crippen LogP contribution is -2.09. The molecule has 2 heterocycles. The summed E-state index contributed by atoms with van der Waals surface area (Å²) in [5.41, 5.74) is -1.14. The van der Waals surface area contributed by atoms with Gasteiger partial charge < -0.3 is 14.2 Å². The molecule has 0 aliphatic rings. The minimum atomic E-state index is -5.13. The Balaban J connectivity index is 1.76. The molecule has 0 N–H and O–H groups in total. The molecule has 0 saturated heterocycles. The number of aromatic nitrogens is 2. The highest BCUT2D eigenvalue weighted by atomic mass is 32.2. The second kappa shape index (κ2) is 12.3. The molecule has 0 aliphatic heterocycles. The van der Waals surface area contributed by atoms with E-state index >= 15 is 4.39 Å². The van der Waals surface area contributed by atoms with E-state index in [0.717, 1.165) is 18.7 Å². The molecule has 0 radical (unpaired) electrons. The summed E-state index contributed by atoms with van der Waals surface area (Å²) < 4.78 is 118. The number of pyridine rings is 2. The first-order valence-electron chi connectivity index (χ1n) is 13.0. The molecule has 0 bridgehead atoms. The van der Waals surface area contributed by atoms with E-state index in [0.29, 0.717) is 18.2 Å². The number of halogens is 6. The Labute approximate surface area is 253 Å². The lowest BCUT2D eigenvalue weighted by atomic mass is 10.0. The smallest absolute Gasteiger partial charge is 0.419 e. The fourth-order valence-electron chi connectivity index (χ4n) is 4.35. The first-order valence-corrected chi connectivity index (χ1v) is 15.3. The maximum Gasteiger partial charge on any atom is 0.419 e. The van der Waals surface area contributed by atoms with Gasteiger partial charge in [-0.05, 0) is 35.9 Å². The van der Waals surface area contributed by atoms with Gasteiger partial charge in [0.2, 0.25) is 11.6 Å². The standard InChI is InChI=1S/C31H23F6N3O4S/c1-42-29-24(10-9-20(32)28(29)34)44-25-14-19(31(35,36)37)21(33)13-18(25)23-15-26(43-16-17-7-5-4-6-8-17)27-22(39-23)11-12-38-30(27)40-45(2,3)41/h4-15H,16H2,1-3H3. The molecule has 0 fully saturated rings. The molecular formula is C31H23F6N3O4S. The maximum atomic E-state index is 15.0. The van der Waals surface area contributed by atoms with Crippen molar-refractivity contribution in [3.05, 3.63) is 102 Å². The molecule has 234 valence electrons. The zero-order valence-electron chi connectivity index (χ0n) is 23.8. The Bertz CT molecular complexity index is 2020. The monoisotopic (exact) mass is 647 g/mol. The fourth-order valence-corrected chi connectivity index (χ4v) is 4.91. The average molecular weight is 648 g/mol. The molecule has 0 saturated carbocycles. The predicted octanol–water partition coefficient (Wildman–Crippen LogP) is 8.47. The van der Waals surface area contributed by atoms with E-state index < -0.39 is 56.2 Å². The van der Waals surface area contributed by atoms with Gasteiger partial charge >= 0.3 is 6.18 Å². The van der Waals surface area contributed by atoms with E-state index in [4.69, 9.17) is 14.2 Å². The maximum absolute atomic E-state index is 15.0. The number of nitrogens with zero attached hydrogens (tertiary/aromatic N) is 3. The van der Waals surface area contributed by atoms with Crippen molar-refractivity contribution >= 4 is 26.4 Å². The summed E-state index contributed by atoms with van der Waals surface area (Å²) in [7, 11) is -1.70. The van der Waals surface area contributed by atoms with Crippen molar-refractivity contribution in [2.45, 2.75) is 12.8 Å². The summed E-state index contributed by atoms with van der Waals surface area (Å²) in [6.07, 6.45) is -0.988. The van der Waals surface area contributed by atoms with Crippen molar-refractivity contribution in [1.29, 1.82) is 0 Å². The van der Waals surface area contributed by atoms with Crippen molar-refractivity contribution in [2.75, 3.05) is 19.6 Å². The molecule has 14 heteroatoms. The van der Waals surface area contributed by atoms with Crippen LogP contribution in [0.15, 0.2) is 77.3 Å². The molecule has 0 unspecified atom stereocenters. The second-order valence-electron chi connectivity index (χ2n) is 9.90.